The van der Waals surface area contributed by atoms with Crippen LogP contribution in [0, 0.1) is 0 Å². The van der Waals surface area contributed by atoms with Gasteiger partial charge in [-0.1, -0.05) is 30.3 Å². The lowest BCUT2D eigenvalue weighted by atomic mass is 10.1. The standard InChI is InChI=1S/C17H18ClN3/c18-11-10-16-20-15-9-4-12-19-17(15)21(16)13-5-8-14-6-2-1-3-7-14/h1-4,6-7,9,12H,5,8,10-11,13H2. The Morgan fingerprint density at radius 2 is 1.86 bits per heavy atom. The Bertz CT molecular complexity index is 706. The first kappa shape index (κ1) is 14.1. The van der Waals surface area contributed by atoms with Crippen molar-refractivity contribution in [3.63, 3.8) is 0 Å². The molecule has 0 N–H and O–H groups in total. The maximum Gasteiger partial charge on any atom is 0.159 e. The number of pyridine rings is 1. The van der Waals surface area contributed by atoms with Gasteiger partial charge in [0.15, 0.2) is 5.65 Å². The van der Waals surface area contributed by atoms with Crippen molar-refractivity contribution in [2.75, 3.05) is 5.88 Å². The van der Waals surface area contributed by atoms with Crippen LogP contribution in [0.2, 0.25) is 0 Å². The summed E-state index contributed by atoms with van der Waals surface area (Å²) in [5.74, 6) is 1.62. The predicted octanol–water partition coefficient (Wildman–Crippen LogP) is 3.85. The highest BCUT2D eigenvalue weighted by molar-refractivity contribution is 6.17. The average Bonchev–Trinajstić information content (AvgIpc) is 2.87. The van der Waals surface area contributed by atoms with E-state index < -0.39 is 0 Å². The summed E-state index contributed by atoms with van der Waals surface area (Å²) >= 11 is 5.89. The van der Waals surface area contributed by atoms with Crippen LogP contribution >= 0.6 is 11.6 Å². The Labute approximate surface area is 129 Å². The van der Waals surface area contributed by atoms with Crippen LogP contribution in [-0.4, -0.2) is 20.4 Å². The number of benzene rings is 1. The molecule has 0 aliphatic heterocycles. The molecule has 1 aromatic carbocycles. The molecular formula is C17H18ClN3. The summed E-state index contributed by atoms with van der Waals surface area (Å²) in [5.41, 5.74) is 3.29. The zero-order valence-corrected chi connectivity index (χ0v) is 12.6. The summed E-state index contributed by atoms with van der Waals surface area (Å²) in [5, 5.41) is 0. The molecule has 108 valence electrons. The number of halogens is 1. The van der Waals surface area contributed by atoms with Gasteiger partial charge in [-0.25, -0.2) is 9.97 Å². The molecule has 0 amide bonds. The molecule has 21 heavy (non-hydrogen) atoms. The normalized spacial score (nSPS) is 11.1. The zero-order chi connectivity index (χ0) is 14.5. The van der Waals surface area contributed by atoms with Crippen molar-refractivity contribution >= 4 is 22.8 Å². The van der Waals surface area contributed by atoms with Crippen LogP contribution in [-0.2, 0) is 19.4 Å². The number of alkyl halides is 1. The summed E-state index contributed by atoms with van der Waals surface area (Å²) in [4.78, 5) is 9.11. The summed E-state index contributed by atoms with van der Waals surface area (Å²) < 4.78 is 2.21. The molecular weight excluding hydrogens is 282 g/mol. The maximum absolute atomic E-state index is 5.89. The first-order valence-electron chi connectivity index (χ1n) is 7.28. The highest BCUT2D eigenvalue weighted by Gasteiger charge is 2.10. The van der Waals surface area contributed by atoms with Crippen LogP contribution in [0.4, 0.5) is 0 Å². The number of aromatic nitrogens is 3. The molecule has 2 heterocycles. The lowest BCUT2D eigenvalue weighted by Gasteiger charge is -2.08. The molecule has 0 fully saturated rings. The molecule has 0 spiro atoms. The summed E-state index contributed by atoms with van der Waals surface area (Å²) in [6.45, 7) is 0.925. The minimum atomic E-state index is 0.585. The number of aryl methyl sites for hydroxylation is 3. The van der Waals surface area contributed by atoms with Crippen molar-refractivity contribution in [1.29, 1.82) is 0 Å². The van der Waals surface area contributed by atoms with E-state index in [1.165, 1.54) is 5.56 Å². The zero-order valence-electron chi connectivity index (χ0n) is 11.9. The Balaban J connectivity index is 1.77. The molecule has 0 radical (unpaired) electrons. The van der Waals surface area contributed by atoms with Crippen LogP contribution in [0.1, 0.15) is 17.8 Å². The van der Waals surface area contributed by atoms with Gasteiger partial charge in [0.05, 0.1) is 0 Å². The number of hydrogen-bond donors (Lipinski definition) is 0. The molecule has 3 nitrogen and oxygen atoms in total. The van der Waals surface area contributed by atoms with E-state index in [4.69, 9.17) is 11.6 Å². The highest BCUT2D eigenvalue weighted by atomic mass is 35.5. The minimum Gasteiger partial charge on any atom is -0.313 e. The number of fused-ring (bicyclic) bond motifs is 1. The van der Waals surface area contributed by atoms with Gasteiger partial charge >= 0.3 is 0 Å². The Kier molecular flexibility index (Phi) is 4.51. The first-order chi connectivity index (χ1) is 10.4. The van der Waals surface area contributed by atoms with E-state index in [2.05, 4.69) is 44.9 Å². The Hall–Kier alpha value is -1.87. The topological polar surface area (TPSA) is 30.7 Å². The number of rotatable bonds is 6. The largest absolute Gasteiger partial charge is 0.313 e. The third-order valence-corrected chi connectivity index (χ3v) is 3.78. The average molecular weight is 300 g/mol. The maximum atomic E-state index is 5.89. The van der Waals surface area contributed by atoms with Gasteiger partial charge in [-0.05, 0) is 30.5 Å². The van der Waals surface area contributed by atoms with Crippen LogP contribution in [0.15, 0.2) is 48.7 Å². The lowest BCUT2D eigenvalue weighted by molar-refractivity contribution is 0.625. The second-order valence-corrected chi connectivity index (χ2v) is 5.43. The van der Waals surface area contributed by atoms with Gasteiger partial charge in [-0.3, -0.25) is 0 Å². The number of hydrogen-bond acceptors (Lipinski definition) is 2. The van der Waals surface area contributed by atoms with E-state index in [1.807, 2.05) is 18.3 Å². The molecule has 0 aliphatic rings. The van der Waals surface area contributed by atoms with Crippen molar-refractivity contribution in [2.45, 2.75) is 25.8 Å². The van der Waals surface area contributed by atoms with E-state index in [1.54, 1.807) is 0 Å². The second kappa shape index (κ2) is 6.72. The summed E-state index contributed by atoms with van der Waals surface area (Å²) in [6, 6.07) is 14.5. The van der Waals surface area contributed by atoms with Crippen molar-refractivity contribution in [3.05, 3.63) is 60.0 Å². The number of nitrogens with zero attached hydrogens (tertiary/aromatic N) is 3. The molecule has 0 saturated heterocycles. The molecule has 0 saturated carbocycles. The molecule has 0 bridgehead atoms. The molecule has 3 rings (SSSR count). The third kappa shape index (κ3) is 3.24. The first-order valence-corrected chi connectivity index (χ1v) is 7.82. The van der Waals surface area contributed by atoms with E-state index in [-0.39, 0.29) is 0 Å². The second-order valence-electron chi connectivity index (χ2n) is 5.05. The third-order valence-electron chi connectivity index (χ3n) is 3.59. The molecule has 0 aliphatic carbocycles. The smallest absolute Gasteiger partial charge is 0.159 e. The molecule has 0 atom stereocenters. The van der Waals surface area contributed by atoms with Gasteiger partial charge in [-0.2, -0.15) is 0 Å². The fraction of sp³-hybridized carbons (Fsp3) is 0.294. The molecule has 2 aromatic heterocycles. The van der Waals surface area contributed by atoms with E-state index in [0.29, 0.717) is 5.88 Å². The monoisotopic (exact) mass is 299 g/mol. The quantitative estimate of drug-likeness (QED) is 0.647. The van der Waals surface area contributed by atoms with Crippen LogP contribution in [0.5, 0.6) is 0 Å². The van der Waals surface area contributed by atoms with Gasteiger partial charge < -0.3 is 4.57 Å². The Morgan fingerprint density at radius 1 is 1.00 bits per heavy atom. The molecule has 0 unspecified atom stereocenters. The summed E-state index contributed by atoms with van der Waals surface area (Å²) in [7, 11) is 0. The van der Waals surface area contributed by atoms with Crippen molar-refractivity contribution in [1.82, 2.24) is 14.5 Å². The fourth-order valence-electron chi connectivity index (χ4n) is 2.60. The van der Waals surface area contributed by atoms with Crippen LogP contribution < -0.4 is 0 Å². The van der Waals surface area contributed by atoms with Crippen molar-refractivity contribution in [2.24, 2.45) is 0 Å². The number of imidazole rings is 1. The van der Waals surface area contributed by atoms with Crippen LogP contribution in [0.25, 0.3) is 11.2 Å². The molecule has 4 heteroatoms. The fourth-order valence-corrected chi connectivity index (χ4v) is 2.77. The highest BCUT2D eigenvalue weighted by Crippen LogP contribution is 2.16. The van der Waals surface area contributed by atoms with Crippen molar-refractivity contribution in [3.8, 4) is 0 Å². The minimum absolute atomic E-state index is 0.585. The SMILES string of the molecule is ClCCc1nc2cccnc2n1CCCc1ccccc1. The van der Waals surface area contributed by atoms with E-state index >= 15 is 0 Å². The van der Waals surface area contributed by atoms with Crippen molar-refractivity contribution < 1.29 is 0 Å². The van der Waals surface area contributed by atoms with Gasteiger partial charge in [0, 0.05) is 25.0 Å². The van der Waals surface area contributed by atoms with Gasteiger partial charge in [0.25, 0.3) is 0 Å². The van der Waals surface area contributed by atoms with E-state index in [0.717, 1.165) is 42.8 Å². The van der Waals surface area contributed by atoms with Gasteiger partial charge in [0.1, 0.15) is 11.3 Å². The lowest BCUT2D eigenvalue weighted by Crippen LogP contribution is -2.06. The Morgan fingerprint density at radius 3 is 2.67 bits per heavy atom. The van der Waals surface area contributed by atoms with Gasteiger partial charge in [-0.15, -0.1) is 11.6 Å². The predicted molar refractivity (Wildman–Crippen MR) is 86.7 cm³/mol. The van der Waals surface area contributed by atoms with Gasteiger partial charge in [0.2, 0.25) is 0 Å². The van der Waals surface area contributed by atoms with E-state index in [9.17, 15) is 0 Å². The van der Waals surface area contributed by atoms with Crippen LogP contribution in [0.3, 0.4) is 0 Å². The summed E-state index contributed by atoms with van der Waals surface area (Å²) in [6.07, 6.45) is 4.74. The molecule has 3 aromatic rings.